The summed E-state index contributed by atoms with van der Waals surface area (Å²) in [6, 6.07) is 7.91. The van der Waals surface area contributed by atoms with Crippen molar-refractivity contribution in [2.75, 3.05) is 12.4 Å². The van der Waals surface area contributed by atoms with Gasteiger partial charge in [-0.05, 0) is 30.3 Å². The lowest BCUT2D eigenvalue weighted by Crippen LogP contribution is -2.18. The Hall–Kier alpha value is -3.02. The Morgan fingerprint density at radius 3 is 2.38 bits per heavy atom. The number of anilines is 1. The fourth-order valence-electron chi connectivity index (χ4n) is 1.70. The molecule has 0 aliphatic heterocycles. The first-order valence-electron chi connectivity index (χ1n) is 6.18. The van der Waals surface area contributed by atoms with Crippen LogP contribution >= 0.6 is 0 Å². The number of aldehydes is 1. The van der Waals surface area contributed by atoms with E-state index in [0.717, 1.165) is 0 Å². The molecule has 0 fully saturated rings. The highest BCUT2D eigenvalue weighted by atomic mass is 16.2. The number of carbonyl (C=O) groups is 3. The fraction of sp³-hybridized carbons (Fsp3) is 0.0667. The molecule has 6 nitrogen and oxygen atoms in total. The number of aromatic nitrogens is 1. The molecular formula is C15H13N3O3. The van der Waals surface area contributed by atoms with Crippen LogP contribution in [0.1, 0.15) is 31.1 Å². The van der Waals surface area contributed by atoms with E-state index in [2.05, 4.69) is 15.6 Å². The van der Waals surface area contributed by atoms with E-state index in [1.807, 2.05) is 0 Å². The van der Waals surface area contributed by atoms with Gasteiger partial charge in [0.2, 0.25) is 0 Å². The summed E-state index contributed by atoms with van der Waals surface area (Å²) in [5.41, 5.74) is 1.66. The molecule has 106 valence electrons. The first-order valence-corrected chi connectivity index (χ1v) is 6.18. The molecule has 1 aromatic carbocycles. The predicted molar refractivity (Wildman–Crippen MR) is 77.4 cm³/mol. The van der Waals surface area contributed by atoms with Gasteiger partial charge in [0.15, 0.2) is 6.29 Å². The van der Waals surface area contributed by atoms with Crippen molar-refractivity contribution in [3.05, 3.63) is 59.4 Å². The number of amides is 2. The van der Waals surface area contributed by atoms with E-state index >= 15 is 0 Å². The second-order valence-electron chi connectivity index (χ2n) is 4.24. The van der Waals surface area contributed by atoms with Gasteiger partial charge in [-0.25, -0.2) is 0 Å². The van der Waals surface area contributed by atoms with E-state index in [-0.39, 0.29) is 17.4 Å². The van der Waals surface area contributed by atoms with E-state index in [1.54, 1.807) is 31.3 Å². The molecule has 2 aromatic rings. The van der Waals surface area contributed by atoms with Crippen molar-refractivity contribution < 1.29 is 14.4 Å². The number of nitrogens with zero attached hydrogens (tertiary/aromatic N) is 1. The Labute approximate surface area is 121 Å². The number of hydrogen-bond donors (Lipinski definition) is 2. The van der Waals surface area contributed by atoms with Crippen LogP contribution in [0.25, 0.3) is 0 Å². The lowest BCUT2D eigenvalue weighted by molar-refractivity contribution is 0.0962. The number of nitrogens with one attached hydrogen (secondary N) is 2. The summed E-state index contributed by atoms with van der Waals surface area (Å²) < 4.78 is 0. The lowest BCUT2D eigenvalue weighted by atomic mass is 10.1. The highest BCUT2D eigenvalue weighted by Gasteiger charge is 2.08. The second-order valence-corrected chi connectivity index (χ2v) is 4.24. The zero-order chi connectivity index (χ0) is 15.2. The van der Waals surface area contributed by atoms with Crippen molar-refractivity contribution in [3.8, 4) is 0 Å². The number of benzene rings is 1. The van der Waals surface area contributed by atoms with Gasteiger partial charge < -0.3 is 10.6 Å². The zero-order valence-corrected chi connectivity index (χ0v) is 11.3. The molecule has 0 saturated carbocycles. The topological polar surface area (TPSA) is 88.2 Å². The summed E-state index contributed by atoms with van der Waals surface area (Å²) in [7, 11) is 1.55. The van der Waals surface area contributed by atoms with Gasteiger partial charge in [0.25, 0.3) is 11.8 Å². The number of rotatable bonds is 4. The van der Waals surface area contributed by atoms with E-state index in [1.165, 1.54) is 18.5 Å². The van der Waals surface area contributed by atoms with E-state index in [0.29, 0.717) is 23.1 Å². The van der Waals surface area contributed by atoms with Crippen molar-refractivity contribution in [3.63, 3.8) is 0 Å². The molecule has 2 N–H and O–H groups in total. The van der Waals surface area contributed by atoms with Gasteiger partial charge in [-0.1, -0.05) is 0 Å². The molecule has 1 heterocycles. The number of carbonyl (C=O) groups excluding carboxylic acids is 3. The van der Waals surface area contributed by atoms with Gasteiger partial charge in [-0.2, -0.15) is 0 Å². The highest BCUT2D eigenvalue weighted by Crippen LogP contribution is 2.11. The van der Waals surface area contributed by atoms with Crippen LogP contribution in [0.2, 0.25) is 0 Å². The standard InChI is InChI=1S/C15H13N3O3/c1-16-14(20)11-2-4-13(5-3-11)18-15(21)12-6-10(9-19)7-17-8-12/h2-9H,1H3,(H,16,20)(H,18,21). The van der Waals surface area contributed by atoms with Crippen LogP contribution in [0.3, 0.4) is 0 Å². The van der Waals surface area contributed by atoms with Gasteiger partial charge in [-0.15, -0.1) is 0 Å². The van der Waals surface area contributed by atoms with Gasteiger partial charge in [0.05, 0.1) is 5.56 Å². The van der Waals surface area contributed by atoms with Gasteiger partial charge in [-0.3, -0.25) is 19.4 Å². The first kappa shape index (κ1) is 14.4. The molecule has 21 heavy (non-hydrogen) atoms. The van der Waals surface area contributed by atoms with Crippen molar-refractivity contribution in [1.29, 1.82) is 0 Å². The smallest absolute Gasteiger partial charge is 0.257 e. The van der Waals surface area contributed by atoms with Crippen LogP contribution in [0, 0.1) is 0 Å². The molecule has 2 rings (SSSR count). The summed E-state index contributed by atoms with van der Waals surface area (Å²) >= 11 is 0. The van der Waals surface area contributed by atoms with E-state index in [4.69, 9.17) is 0 Å². The van der Waals surface area contributed by atoms with Crippen LogP contribution < -0.4 is 10.6 Å². The van der Waals surface area contributed by atoms with E-state index < -0.39 is 0 Å². The zero-order valence-electron chi connectivity index (χ0n) is 11.3. The molecule has 0 aliphatic rings. The molecule has 0 aliphatic carbocycles. The maximum atomic E-state index is 12.0. The molecule has 0 unspecified atom stereocenters. The van der Waals surface area contributed by atoms with Gasteiger partial charge in [0, 0.05) is 36.3 Å². The molecule has 0 radical (unpaired) electrons. The SMILES string of the molecule is CNC(=O)c1ccc(NC(=O)c2cncc(C=O)c2)cc1. The summed E-state index contributed by atoms with van der Waals surface area (Å²) in [5, 5.41) is 5.18. The largest absolute Gasteiger partial charge is 0.355 e. The van der Waals surface area contributed by atoms with E-state index in [9.17, 15) is 14.4 Å². The Balaban J connectivity index is 2.12. The van der Waals surface area contributed by atoms with Crippen LogP contribution in [0.4, 0.5) is 5.69 Å². The van der Waals surface area contributed by atoms with Gasteiger partial charge in [0.1, 0.15) is 0 Å². The Bertz CT molecular complexity index is 681. The number of hydrogen-bond acceptors (Lipinski definition) is 4. The predicted octanol–water partition coefficient (Wildman–Crippen LogP) is 1.51. The molecule has 0 spiro atoms. The number of pyridine rings is 1. The first-order chi connectivity index (χ1) is 10.1. The monoisotopic (exact) mass is 283 g/mol. The third-order valence-corrected chi connectivity index (χ3v) is 2.79. The Morgan fingerprint density at radius 2 is 1.76 bits per heavy atom. The maximum Gasteiger partial charge on any atom is 0.257 e. The molecule has 6 heteroatoms. The van der Waals surface area contributed by atoms with Crippen molar-refractivity contribution in [2.45, 2.75) is 0 Å². The van der Waals surface area contributed by atoms with Crippen molar-refractivity contribution >= 4 is 23.8 Å². The maximum absolute atomic E-state index is 12.0. The minimum atomic E-state index is -0.376. The van der Waals surface area contributed by atoms with Crippen molar-refractivity contribution in [2.24, 2.45) is 0 Å². The third-order valence-electron chi connectivity index (χ3n) is 2.79. The lowest BCUT2D eigenvalue weighted by Gasteiger charge is -2.06. The summed E-state index contributed by atoms with van der Waals surface area (Å²) in [4.78, 5) is 37.9. The molecular weight excluding hydrogens is 270 g/mol. The minimum Gasteiger partial charge on any atom is -0.355 e. The van der Waals surface area contributed by atoms with Crippen molar-refractivity contribution in [1.82, 2.24) is 10.3 Å². The van der Waals surface area contributed by atoms with Crippen LogP contribution in [0.15, 0.2) is 42.7 Å². The molecule has 1 aromatic heterocycles. The summed E-state index contributed by atoms with van der Waals surface area (Å²) in [6.07, 6.45) is 3.38. The average molecular weight is 283 g/mol. The van der Waals surface area contributed by atoms with Gasteiger partial charge >= 0.3 is 0 Å². The quantitative estimate of drug-likeness (QED) is 0.832. The molecule has 0 bridgehead atoms. The molecule has 0 atom stereocenters. The fourth-order valence-corrected chi connectivity index (χ4v) is 1.70. The normalized spacial score (nSPS) is 9.76. The summed E-state index contributed by atoms with van der Waals surface area (Å²) in [6.45, 7) is 0. The third kappa shape index (κ3) is 3.50. The van der Waals surface area contributed by atoms with Crippen LogP contribution in [-0.2, 0) is 0 Å². The highest BCUT2D eigenvalue weighted by molar-refractivity contribution is 6.05. The summed E-state index contributed by atoms with van der Waals surface area (Å²) in [5.74, 6) is -0.574. The Morgan fingerprint density at radius 1 is 1.05 bits per heavy atom. The molecule has 0 saturated heterocycles. The van der Waals surface area contributed by atoms with Crippen LogP contribution in [-0.4, -0.2) is 30.1 Å². The minimum absolute atomic E-state index is 0.198. The Kier molecular flexibility index (Phi) is 4.40. The second kappa shape index (κ2) is 6.42. The average Bonchev–Trinajstić information content (AvgIpc) is 2.54. The van der Waals surface area contributed by atoms with Crippen LogP contribution in [0.5, 0.6) is 0 Å². The molecule has 2 amide bonds.